The molecule has 0 N–H and O–H groups in total. The molecule has 6 heteroatoms. The number of hydrogen-bond acceptors (Lipinski definition) is 3. The van der Waals surface area contributed by atoms with Gasteiger partial charge in [0.1, 0.15) is 17.4 Å². The van der Waals surface area contributed by atoms with Gasteiger partial charge in [-0.3, -0.25) is 9.69 Å². The zero-order valence-corrected chi connectivity index (χ0v) is 15.6. The molecule has 0 spiro atoms. The average molecular weight is 374 g/mol. The second kappa shape index (κ2) is 8.48. The molecule has 0 aliphatic carbocycles. The van der Waals surface area contributed by atoms with Gasteiger partial charge in [0.2, 0.25) is 0 Å². The molecule has 2 aromatic carbocycles. The van der Waals surface area contributed by atoms with Gasteiger partial charge in [-0.15, -0.1) is 0 Å². The Kier molecular flexibility index (Phi) is 6.06. The molecule has 27 heavy (non-hydrogen) atoms. The second-order valence-electron chi connectivity index (χ2n) is 7.05. The van der Waals surface area contributed by atoms with E-state index in [9.17, 15) is 13.6 Å². The maximum atomic E-state index is 13.2. The number of carbonyl (C=O) groups excluding carboxylic acids is 1. The minimum absolute atomic E-state index is 0.0326. The molecule has 1 aliphatic heterocycles. The number of ether oxygens (including phenoxy) is 1. The van der Waals surface area contributed by atoms with Crippen LogP contribution in [-0.4, -0.2) is 47.5 Å². The molecule has 1 aliphatic rings. The van der Waals surface area contributed by atoms with Gasteiger partial charge in [-0.2, -0.15) is 0 Å². The van der Waals surface area contributed by atoms with Crippen LogP contribution in [0.25, 0.3) is 0 Å². The first-order chi connectivity index (χ1) is 12.9. The van der Waals surface area contributed by atoms with Crippen LogP contribution < -0.4 is 4.74 Å². The predicted molar refractivity (Wildman–Crippen MR) is 99.3 cm³/mol. The van der Waals surface area contributed by atoms with Crippen molar-refractivity contribution in [1.82, 2.24) is 9.80 Å². The van der Waals surface area contributed by atoms with Crippen LogP contribution >= 0.6 is 0 Å². The van der Waals surface area contributed by atoms with Gasteiger partial charge in [0.25, 0.3) is 5.91 Å². The van der Waals surface area contributed by atoms with E-state index in [0.29, 0.717) is 18.8 Å². The normalized spacial score (nSPS) is 20.5. The number of carbonyl (C=O) groups is 1. The molecule has 4 nitrogen and oxygen atoms in total. The van der Waals surface area contributed by atoms with E-state index in [4.69, 9.17) is 4.74 Å². The number of amides is 1. The first kappa shape index (κ1) is 19.3. The van der Waals surface area contributed by atoms with Crippen molar-refractivity contribution in [2.45, 2.75) is 32.5 Å². The Morgan fingerprint density at radius 2 is 1.78 bits per heavy atom. The van der Waals surface area contributed by atoms with Gasteiger partial charge in [0, 0.05) is 37.8 Å². The van der Waals surface area contributed by atoms with Crippen molar-refractivity contribution in [3.63, 3.8) is 0 Å². The van der Waals surface area contributed by atoms with Crippen molar-refractivity contribution in [3.8, 4) is 5.75 Å². The molecule has 1 saturated heterocycles. The Balaban J connectivity index is 1.55. The SMILES string of the molecule is C[C@@H]1CN(Cc2ccc(F)cc2)[C@@H](C)CN1C(=O)COc1cccc(F)c1. The minimum Gasteiger partial charge on any atom is -0.484 e. The van der Waals surface area contributed by atoms with Crippen molar-refractivity contribution in [3.05, 3.63) is 65.7 Å². The summed E-state index contributed by atoms with van der Waals surface area (Å²) in [6.07, 6.45) is 0. The number of piperazine rings is 1. The summed E-state index contributed by atoms with van der Waals surface area (Å²) >= 11 is 0. The van der Waals surface area contributed by atoms with Crippen molar-refractivity contribution in [1.29, 1.82) is 0 Å². The highest BCUT2D eigenvalue weighted by Gasteiger charge is 2.32. The molecule has 0 saturated carbocycles. The van der Waals surface area contributed by atoms with Gasteiger partial charge >= 0.3 is 0 Å². The fraction of sp³-hybridized carbons (Fsp3) is 0.381. The third kappa shape index (κ3) is 5.04. The maximum Gasteiger partial charge on any atom is 0.260 e. The summed E-state index contributed by atoms with van der Waals surface area (Å²) in [4.78, 5) is 16.7. The highest BCUT2D eigenvalue weighted by molar-refractivity contribution is 5.78. The number of halogens is 2. The largest absolute Gasteiger partial charge is 0.484 e. The van der Waals surface area contributed by atoms with E-state index in [2.05, 4.69) is 11.8 Å². The summed E-state index contributed by atoms with van der Waals surface area (Å²) in [7, 11) is 0. The Bertz CT molecular complexity index is 782. The van der Waals surface area contributed by atoms with Gasteiger partial charge in [0.05, 0.1) is 0 Å². The molecule has 0 bridgehead atoms. The summed E-state index contributed by atoms with van der Waals surface area (Å²) in [5, 5.41) is 0. The van der Waals surface area contributed by atoms with Crippen molar-refractivity contribution < 1.29 is 18.3 Å². The van der Waals surface area contributed by atoms with Crippen molar-refractivity contribution >= 4 is 5.91 Å². The molecule has 0 aromatic heterocycles. The van der Waals surface area contributed by atoms with Crippen LogP contribution in [0, 0.1) is 11.6 Å². The van der Waals surface area contributed by atoms with Crippen LogP contribution in [0.1, 0.15) is 19.4 Å². The van der Waals surface area contributed by atoms with Crippen molar-refractivity contribution in [2.24, 2.45) is 0 Å². The molecule has 2 atom stereocenters. The van der Waals surface area contributed by atoms with E-state index in [-0.39, 0.29) is 30.4 Å². The summed E-state index contributed by atoms with van der Waals surface area (Å²) in [5.41, 5.74) is 1.05. The molecule has 0 unspecified atom stereocenters. The lowest BCUT2D eigenvalue weighted by Gasteiger charge is -2.44. The zero-order valence-electron chi connectivity index (χ0n) is 15.6. The first-order valence-corrected chi connectivity index (χ1v) is 9.08. The Hall–Kier alpha value is -2.47. The van der Waals surface area contributed by atoms with E-state index in [1.54, 1.807) is 24.3 Å². The summed E-state index contributed by atoms with van der Waals surface area (Å²) in [6, 6.07) is 12.5. The van der Waals surface area contributed by atoms with E-state index in [0.717, 1.165) is 12.1 Å². The van der Waals surface area contributed by atoms with Gasteiger partial charge in [-0.05, 0) is 43.7 Å². The number of benzene rings is 2. The predicted octanol–water partition coefficient (Wildman–Crippen LogP) is 3.47. The molecular weight excluding hydrogens is 350 g/mol. The van der Waals surface area contributed by atoms with Gasteiger partial charge in [-0.25, -0.2) is 8.78 Å². The van der Waals surface area contributed by atoms with Crippen LogP contribution in [0.2, 0.25) is 0 Å². The van der Waals surface area contributed by atoms with Crippen molar-refractivity contribution in [2.75, 3.05) is 19.7 Å². The smallest absolute Gasteiger partial charge is 0.260 e. The topological polar surface area (TPSA) is 32.8 Å². The monoisotopic (exact) mass is 374 g/mol. The van der Waals surface area contributed by atoms with Crippen LogP contribution in [0.15, 0.2) is 48.5 Å². The van der Waals surface area contributed by atoms with E-state index in [1.165, 1.54) is 24.3 Å². The zero-order chi connectivity index (χ0) is 19.4. The molecule has 3 rings (SSSR count). The average Bonchev–Trinajstić information content (AvgIpc) is 2.64. The molecule has 1 fully saturated rings. The molecule has 2 aromatic rings. The number of hydrogen-bond donors (Lipinski definition) is 0. The minimum atomic E-state index is -0.392. The Labute approximate surface area is 158 Å². The summed E-state index contributed by atoms with van der Waals surface area (Å²) in [6.45, 7) is 6.00. The fourth-order valence-corrected chi connectivity index (χ4v) is 3.38. The maximum absolute atomic E-state index is 13.2. The molecule has 144 valence electrons. The lowest BCUT2D eigenvalue weighted by molar-refractivity contribution is -0.139. The third-order valence-corrected chi connectivity index (χ3v) is 4.89. The molecule has 0 radical (unpaired) electrons. The van der Waals surface area contributed by atoms with Crippen LogP contribution in [0.5, 0.6) is 5.75 Å². The van der Waals surface area contributed by atoms with Gasteiger partial charge in [-0.1, -0.05) is 18.2 Å². The lowest BCUT2D eigenvalue weighted by Crippen LogP contribution is -2.58. The second-order valence-corrected chi connectivity index (χ2v) is 7.05. The standard InChI is InChI=1S/C21H24F2N2O2/c1-15-12-25(21(26)14-27-20-5-3-4-19(23)10-20)16(2)11-24(15)13-17-6-8-18(22)9-7-17/h3-10,15-16H,11-14H2,1-2H3/t15-,16+/m0/s1. The first-order valence-electron chi connectivity index (χ1n) is 9.08. The number of rotatable bonds is 5. The van der Waals surface area contributed by atoms with Crippen LogP contribution in [-0.2, 0) is 11.3 Å². The highest BCUT2D eigenvalue weighted by atomic mass is 19.1. The highest BCUT2D eigenvalue weighted by Crippen LogP contribution is 2.19. The molecular formula is C21H24F2N2O2. The van der Waals surface area contributed by atoms with E-state index >= 15 is 0 Å². The third-order valence-electron chi connectivity index (χ3n) is 4.89. The molecule has 1 amide bonds. The Morgan fingerprint density at radius 1 is 1.04 bits per heavy atom. The molecule has 1 heterocycles. The van der Waals surface area contributed by atoms with E-state index < -0.39 is 5.82 Å². The summed E-state index contributed by atoms with van der Waals surface area (Å²) < 4.78 is 31.7. The fourth-order valence-electron chi connectivity index (χ4n) is 3.38. The lowest BCUT2D eigenvalue weighted by atomic mass is 10.1. The van der Waals surface area contributed by atoms with Crippen LogP contribution in [0.4, 0.5) is 8.78 Å². The van der Waals surface area contributed by atoms with E-state index in [1.807, 2.05) is 11.8 Å². The number of nitrogens with zero attached hydrogens (tertiary/aromatic N) is 2. The van der Waals surface area contributed by atoms with Crippen LogP contribution in [0.3, 0.4) is 0 Å². The summed E-state index contributed by atoms with van der Waals surface area (Å²) in [5.74, 6) is -0.399. The van der Waals surface area contributed by atoms with Gasteiger partial charge < -0.3 is 9.64 Å². The van der Waals surface area contributed by atoms with Gasteiger partial charge in [0.15, 0.2) is 6.61 Å². The Morgan fingerprint density at radius 3 is 2.48 bits per heavy atom. The quantitative estimate of drug-likeness (QED) is 0.804.